The van der Waals surface area contributed by atoms with Crippen LogP contribution in [0.5, 0.6) is 0 Å². The smallest absolute Gasteiger partial charge is 0.272 e. The van der Waals surface area contributed by atoms with Crippen molar-refractivity contribution in [3.05, 3.63) is 42.1 Å². The van der Waals surface area contributed by atoms with Gasteiger partial charge in [0.2, 0.25) is 0 Å². The van der Waals surface area contributed by atoms with Crippen molar-refractivity contribution >= 4 is 5.91 Å². The van der Waals surface area contributed by atoms with E-state index in [-0.39, 0.29) is 5.91 Å². The van der Waals surface area contributed by atoms with Gasteiger partial charge in [0.1, 0.15) is 5.69 Å². The molecule has 2 aliphatic rings. The van der Waals surface area contributed by atoms with Crippen molar-refractivity contribution in [3.8, 4) is 11.3 Å². The summed E-state index contributed by atoms with van der Waals surface area (Å²) >= 11 is 0. The van der Waals surface area contributed by atoms with Gasteiger partial charge >= 0.3 is 0 Å². The Kier molecular flexibility index (Phi) is 3.65. The number of fused-ring (bicyclic) bond motifs is 1. The number of nitrogens with one attached hydrogen (secondary N) is 1. The van der Waals surface area contributed by atoms with Crippen molar-refractivity contribution in [3.63, 3.8) is 0 Å². The Bertz CT molecular complexity index is 695. The SMILES string of the molecule is Cn1nc(-c2ccccc2)cc1C(=O)N1C[C@@H]2CCCN[C@@H]2C1. The molecule has 0 unspecified atom stereocenters. The van der Waals surface area contributed by atoms with Gasteiger partial charge < -0.3 is 10.2 Å². The van der Waals surface area contributed by atoms with Crippen molar-refractivity contribution in [2.24, 2.45) is 13.0 Å². The van der Waals surface area contributed by atoms with Crippen LogP contribution in [0, 0.1) is 5.92 Å². The highest BCUT2D eigenvalue weighted by Crippen LogP contribution is 2.27. The van der Waals surface area contributed by atoms with Gasteiger partial charge in [-0.3, -0.25) is 9.48 Å². The second kappa shape index (κ2) is 5.81. The molecule has 3 heterocycles. The minimum Gasteiger partial charge on any atom is -0.335 e. The van der Waals surface area contributed by atoms with E-state index in [1.807, 2.05) is 48.3 Å². The van der Waals surface area contributed by atoms with Crippen LogP contribution in [0.4, 0.5) is 0 Å². The number of hydrogen-bond acceptors (Lipinski definition) is 3. The van der Waals surface area contributed by atoms with Crippen molar-refractivity contribution in [1.82, 2.24) is 20.0 Å². The fourth-order valence-corrected chi connectivity index (χ4v) is 3.79. The normalized spacial score (nSPS) is 23.8. The van der Waals surface area contributed by atoms with E-state index in [1.54, 1.807) is 4.68 Å². The maximum absolute atomic E-state index is 12.9. The minimum atomic E-state index is 0.0957. The lowest BCUT2D eigenvalue weighted by molar-refractivity contribution is 0.0774. The molecule has 0 saturated carbocycles. The van der Waals surface area contributed by atoms with Crippen molar-refractivity contribution in [2.45, 2.75) is 18.9 Å². The van der Waals surface area contributed by atoms with Gasteiger partial charge in [-0.1, -0.05) is 30.3 Å². The molecule has 5 nitrogen and oxygen atoms in total. The van der Waals surface area contributed by atoms with Crippen molar-refractivity contribution in [1.29, 1.82) is 0 Å². The fraction of sp³-hybridized carbons (Fsp3) is 0.444. The molecule has 0 aliphatic carbocycles. The molecular weight excluding hydrogens is 288 g/mol. The van der Waals surface area contributed by atoms with E-state index in [0.29, 0.717) is 17.7 Å². The van der Waals surface area contributed by atoms with Gasteiger partial charge in [-0.15, -0.1) is 0 Å². The summed E-state index contributed by atoms with van der Waals surface area (Å²) in [6.45, 7) is 2.75. The van der Waals surface area contributed by atoms with E-state index in [1.165, 1.54) is 12.8 Å². The van der Waals surface area contributed by atoms with E-state index in [2.05, 4.69) is 10.4 Å². The van der Waals surface area contributed by atoms with Crippen LogP contribution < -0.4 is 5.32 Å². The number of aromatic nitrogens is 2. The molecule has 2 aliphatic heterocycles. The van der Waals surface area contributed by atoms with Crippen LogP contribution >= 0.6 is 0 Å². The molecule has 1 aromatic heterocycles. The van der Waals surface area contributed by atoms with E-state index < -0.39 is 0 Å². The first-order chi connectivity index (χ1) is 11.2. The summed E-state index contributed by atoms with van der Waals surface area (Å²) in [5.41, 5.74) is 2.56. The topological polar surface area (TPSA) is 50.2 Å². The lowest BCUT2D eigenvalue weighted by atomic mass is 9.94. The molecule has 0 radical (unpaired) electrons. The van der Waals surface area contributed by atoms with Gasteiger partial charge in [-0.25, -0.2) is 0 Å². The first-order valence-corrected chi connectivity index (χ1v) is 8.34. The van der Waals surface area contributed by atoms with Gasteiger partial charge in [0.25, 0.3) is 5.91 Å². The fourth-order valence-electron chi connectivity index (χ4n) is 3.79. The van der Waals surface area contributed by atoms with Crippen LogP contribution in [0.2, 0.25) is 0 Å². The Morgan fingerprint density at radius 2 is 2.09 bits per heavy atom. The van der Waals surface area contributed by atoms with Crippen molar-refractivity contribution < 1.29 is 4.79 Å². The monoisotopic (exact) mass is 310 g/mol. The molecule has 2 atom stereocenters. The summed E-state index contributed by atoms with van der Waals surface area (Å²) in [5.74, 6) is 0.702. The molecule has 0 spiro atoms. The number of aryl methyl sites for hydroxylation is 1. The average molecular weight is 310 g/mol. The molecule has 4 rings (SSSR count). The summed E-state index contributed by atoms with van der Waals surface area (Å²) in [4.78, 5) is 14.9. The Balaban J connectivity index is 1.56. The molecule has 5 heteroatoms. The minimum absolute atomic E-state index is 0.0957. The maximum Gasteiger partial charge on any atom is 0.272 e. The molecule has 2 fully saturated rings. The zero-order valence-electron chi connectivity index (χ0n) is 13.4. The zero-order valence-corrected chi connectivity index (χ0v) is 13.4. The second-order valence-corrected chi connectivity index (χ2v) is 6.58. The Labute approximate surface area is 136 Å². The standard InChI is InChI=1S/C18H22N4O/c1-21-17(10-15(20-21)13-6-3-2-4-7-13)18(23)22-11-14-8-5-9-19-16(14)12-22/h2-4,6-7,10,14,16,19H,5,8-9,11-12H2,1H3/t14-,16+/m0/s1. The quantitative estimate of drug-likeness (QED) is 0.922. The number of piperidine rings is 1. The van der Waals surface area contributed by atoms with Crippen molar-refractivity contribution in [2.75, 3.05) is 19.6 Å². The number of carbonyl (C=O) groups excluding carboxylic acids is 1. The lowest BCUT2D eigenvalue weighted by Crippen LogP contribution is -2.41. The number of amides is 1. The number of carbonyl (C=O) groups is 1. The van der Waals surface area contributed by atoms with Crippen LogP contribution in [0.3, 0.4) is 0 Å². The van der Waals surface area contributed by atoms with Gasteiger partial charge in [0, 0.05) is 31.7 Å². The Morgan fingerprint density at radius 3 is 2.87 bits per heavy atom. The third kappa shape index (κ3) is 2.65. The molecular formula is C18H22N4O. The van der Waals surface area contributed by atoms with E-state index in [9.17, 15) is 4.79 Å². The molecule has 2 saturated heterocycles. The van der Waals surface area contributed by atoms with Crippen LogP contribution in [-0.4, -0.2) is 46.3 Å². The number of nitrogens with zero attached hydrogens (tertiary/aromatic N) is 3. The largest absolute Gasteiger partial charge is 0.335 e. The first kappa shape index (κ1) is 14.5. The summed E-state index contributed by atoms with van der Waals surface area (Å²) in [6, 6.07) is 12.4. The highest BCUT2D eigenvalue weighted by atomic mass is 16.2. The lowest BCUT2D eigenvalue weighted by Gasteiger charge is -2.24. The average Bonchev–Trinajstić information content (AvgIpc) is 3.18. The summed E-state index contributed by atoms with van der Waals surface area (Å²) in [6.07, 6.45) is 2.44. The third-order valence-corrected chi connectivity index (χ3v) is 5.05. The van der Waals surface area contributed by atoms with E-state index in [0.717, 1.165) is 30.9 Å². The van der Waals surface area contributed by atoms with E-state index >= 15 is 0 Å². The Morgan fingerprint density at radius 1 is 1.26 bits per heavy atom. The van der Waals surface area contributed by atoms with Crippen LogP contribution in [0.15, 0.2) is 36.4 Å². The van der Waals surface area contributed by atoms with Crippen LogP contribution in [-0.2, 0) is 7.05 Å². The summed E-state index contributed by atoms with van der Waals surface area (Å²) in [7, 11) is 1.85. The summed E-state index contributed by atoms with van der Waals surface area (Å²) < 4.78 is 1.71. The number of rotatable bonds is 2. The molecule has 1 amide bonds. The van der Waals surface area contributed by atoms with Gasteiger partial charge in [-0.2, -0.15) is 5.10 Å². The van der Waals surface area contributed by atoms with Gasteiger partial charge in [0.05, 0.1) is 5.69 Å². The molecule has 120 valence electrons. The van der Waals surface area contributed by atoms with E-state index in [4.69, 9.17) is 0 Å². The molecule has 1 N–H and O–H groups in total. The number of likely N-dealkylation sites (tertiary alicyclic amines) is 1. The van der Waals surface area contributed by atoms with Gasteiger partial charge in [0.15, 0.2) is 0 Å². The highest BCUT2D eigenvalue weighted by Gasteiger charge is 2.37. The number of hydrogen-bond donors (Lipinski definition) is 1. The predicted octanol–water partition coefficient (Wildman–Crippen LogP) is 1.91. The molecule has 2 aromatic rings. The van der Waals surface area contributed by atoms with Gasteiger partial charge in [-0.05, 0) is 31.4 Å². The predicted molar refractivity (Wildman–Crippen MR) is 89.1 cm³/mol. The highest BCUT2D eigenvalue weighted by molar-refractivity contribution is 5.94. The number of benzene rings is 1. The molecule has 23 heavy (non-hydrogen) atoms. The summed E-state index contributed by atoms with van der Waals surface area (Å²) in [5, 5.41) is 8.06. The molecule has 1 aromatic carbocycles. The zero-order chi connectivity index (χ0) is 15.8. The van der Waals surface area contributed by atoms with Crippen LogP contribution in [0.25, 0.3) is 11.3 Å². The first-order valence-electron chi connectivity index (χ1n) is 8.34. The second-order valence-electron chi connectivity index (χ2n) is 6.58. The third-order valence-electron chi connectivity index (χ3n) is 5.05. The Hall–Kier alpha value is -2.14. The maximum atomic E-state index is 12.9. The molecule has 0 bridgehead atoms. The van der Waals surface area contributed by atoms with Crippen LogP contribution in [0.1, 0.15) is 23.3 Å².